The van der Waals surface area contributed by atoms with Gasteiger partial charge in [0.25, 0.3) is 0 Å². The highest BCUT2D eigenvalue weighted by atomic mass is 19.1. The number of fused-ring (bicyclic) bond motifs is 1. The van der Waals surface area contributed by atoms with Crippen LogP contribution in [0.3, 0.4) is 0 Å². The van der Waals surface area contributed by atoms with Gasteiger partial charge in [0.2, 0.25) is 6.08 Å². The van der Waals surface area contributed by atoms with E-state index in [0.29, 0.717) is 11.1 Å². The average molecular weight is 218 g/mol. The Labute approximate surface area is 92.2 Å². The number of carbonyl (C=O) groups excluding carboxylic acids is 1. The molecule has 0 N–H and O–H groups in total. The van der Waals surface area contributed by atoms with Gasteiger partial charge in [0.1, 0.15) is 11.5 Å². The molecule has 3 nitrogen and oxygen atoms in total. The largest absolute Gasteiger partial charge is 0.345 e. The predicted molar refractivity (Wildman–Crippen MR) is 60.0 cm³/mol. The molecule has 0 saturated heterocycles. The van der Waals surface area contributed by atoms with Crippen LogP contribution in [-0.2, 0) is 11.3 Å². The van der Waals surface area contributed by atoms with Crippen LogP contribution in [0, 0.1) is 5.82 Å². The van der Waals surface area contributed by atoms with Gasteiger partial charge in [-0.3, -0.25) is 0 Å². The lowest BCUT2D eigenvalue weighted by Crippen LogP contribution is -1.93. The lowest BCUT2D eigenvalue weighted by Gasteiger charge is -2.01. The fourth-order valence-corrected chi connectivity index (χ4v) is 1.81. The van der Waals surface area contributed by atoms with E-state index in [1.807, 2.05) is 4.57 Å². The number of hydrogen-bond donors (Lipinski definition) is 0. The van der Waals surface area contributed by atoms with E-state index in [1.165, 1.54) is 18.2 Å². The molecule has 0 unspecified atom stereocenters. The molecular formula is C12H11FN2O. The highest BCUT2D eigenvalue weighted by Crippen LogP contribution is 2.28. The van der Waals surface area contributed by atoms with Gasteiger partial charge in [0.05, 0.1) is 5.52 Å². The summed E-state index contributed by atoms with van der Waals surface area (Å²) in [5.41, 5.74) is 1.36. The number of hydrogen-bond acceptors (Lipinski definition) is 2. The average Bonchev–Trinajstić information content (AvgIpc) is 2.58. The molecule has 2 rings (SSSR count). The van der Waals surface area contributed by atoms with Gasteiger partial charge in [-0.1, -0.05) is 6.92 Å². The fourth-order valence-electron chi connectivity index (χ4n) is 1.81. The van der Waals surface area contributed by atoms with E-state index in [4.69, 9.17) is 0 Å². The Morgan fingerprint density at radius 1 is 1.50 bits per heavy atom. The van der Waals surface area contributed by atoms with Crippen molar-refractivity contribution in [3.05, 3.63) is 30.2 Å². The van der Waals surface area contributed by atoms with Crippen molar-refractivity contribution in [2.75, 3.05) is 0 Å². The summed E-state index contributed by atoms with van der Waals surface area (Å²) in [6, 6.07) is 4.49. The fraction of sp³-hybridized carbons (Fsp3) is 0.250. The van der Waals surface area contributed by atoms with E-state index >= 15 is 0 Å². The number of nitrogens with zero attached hydrogens (tertiary/aromatic N) is 2. The molecule has 0 aliphatic heterocycles. The first-order valence-corrected chi connectivity index (χ1v) is 5.12. The summed E-state index contributed by atoms with van der Waals surface area (Å²) < 4.78 is 15.1. The highest BCUT2D eigenvalue weighted by Gasteiger charge is 2.08. The van der Waals surface area contributed by atoms with Gasteiger partial charge < -0.3 is 4.57 Å². The zero-order valence-corrected chi connectivity index (χ0v) is 8.90. The second-order valence-corrected chi connectivity index (χ2v) is 3.57. The van der Waals surface area contributed by atoms with E-state index in [-0.39, 0.29) is 5.82 Å². The standard InChI is InChI=1S/C12H11FN2O/c1-2-5-15-7-11(14-8-16)10-6-9(13)3-4-12(10)15/h3-4,6-7H,2,5H2,1H3. The molecule has 2 aromatic rings. The third-order valence-electron chi connectivity index (χ3n) is 2.45. The second-order valence-electron chi connectivity index (χ2n) is 3.57. The van der Waals surface area contributed by atoms with Gasteiger partial charge >= 0.3 is 0 Å². The molecule has 0 fully saturated rings. The molecule has 0 radical (unpaired) electrons. The molecule has 0 atom stereocenters. The SMILES string of the molecule is CCCn1cc(N=C=O)c2cc(F)ccc21. The van der Waals surface area contributed by atoms with Crippen molar-refractivity contribution in [3.8, 4) is 0 Å². The van der Waals surface area contributed by atoms with Crippen LogP contribution >= 0.6 is 0 Å². The Balaban J connectivity index is 2.70. The highest BCUT2D eigenvalue weighted by molar-refractivity contribution is 5.92. The topological polar surface area (TPSA) is 34.4 Å². The molecule has 0 amide bonds. The zero-order chi connectivity index (χ0) is 11.5. The van der Waals surface area contributed by atoms with Crippen LogP contribution in [0.1, 0.15) is 13.3 Å². The zero-order valence-electron chi connectivity index (χ0n) is 8.90. The van der Waals surface area contributed by atoms with Crippen molar-refractivity contribution in [1.82, 2.24) is 4.57 Å². The Morgan fingerprint density at radius 3 is 3.00 bits per heavy atom. The van der Waals surface area contributed by atoms with Crippen molar-refractivity contribution in [2.24, 2.45) is 4.99 Å². The second kappa shape index (κ2) is 4.29. The number of aromatic nitrogens is 1. The number of benzene rings is 1. The van der Waals surface area contributed by atoms with Crippen molar-refractivity contribution >= 4 is 22.7 Å². The predicted octanol–water partition coefficient (Wildman–Crippen LogP) is 3.16. The van der Waals surface area contributed by atoms with Gasteiger partial charge in [-0.2, -0.15) is 4.99 Å². The molecule has 1 heterocycles. The minimum Gasteiger partial charge on any atom is -0.345 e. The van der Waals surface area contributed by atoms with Gasteiger partial charge in [-0.25, -0.2) is 9.18 Å². The van der Waals surface area contributed by atoms with E-state index in [9.17, 15) is 9.18 Å². The first kappa shape index (κ1) is 10.6. The summed E-state index contributed by atoms with van der Waals surface area (Å²) in [5, 5.41) is 0.650. The van der Waals surface area contributed by atoms with Gasteiger partial charge in [0.15, 0.2) is 0 Å². The molecule has 0 aliphatic rings. The molecule has 1 aromatic carbocycles. The third-order valence-corrected chi connectivity index (χ3v) is 2.45. The molecule has 0 bridgehead atoms. The van der Waals surface area contributed by atoms with Crippen LogP contribution in [0.15, 0.2) is 29.4 Å². The van der Waals surface area contributed by atoms with Gasteiger partial charge in [0, 0.05) is 18.1 Å². The Hall–Kier alpha value is -1.93. The summed E-state index contributed by atoms with van der Waals surface area (Å²) in [6.45, 7) is 2.87. The Bertz CT molecular complexity index is 568. The van der Waals surface area contributed by atoms with Crippen LogP contribution in [0.5, 0.6) is 0 Å². The van der Waals surface area contributed by atoms with Crippen molar-refractivity contribution < 1.29 is 9.18 Å². The maximum Gasteiger partial charge on any atom is 0.240 e. The lowest BCUT2D eigenvalue weighted by atomic mass is 10.2. The first-order chi connectivity index (χ1) is 7.76. The maximum atomic E-state index is 13.1. The van der Waals surface area contributed by atoms with Crippen LogP contribution in [-0.4, -0.2) is 10.6 Å². The maximum absolute atomic E-state index is 13.1. The summed E-state index contributed by atoms with van der Waals surface area (Å²) in [7, 11) is 0. The Kier molecular flexibility index (Phi) is 2.84. The lowest BCUT2D eigenvalue weighted by molar-refractivity contribution is 0.565. The summed E-state index contributed by atoms with van der Waals surface area (Å²) in [4.78, 5) is 13.9. The summed E-state index contributed by atoms with van der Waals surface area (Å²) in [5.74, 6) is -0.330. The normalized spacial score (nSPS) is 10.4. The van der Waals surface area contributed by atoms with Crippen molar-refractivity contribution in [2.45, 2.75) is 19.9 Å². The number of aliphatic imine (C=N–C) groups is 1. The minimum atomic E-state index is -0.330. The van der Waals surface area contributed by atoms with Crippen LogP contribution in [0.2, 0.25) is 0 Å². The van der Waals surface area contributed by atoms with Crippen molar-refractivity contribution in [3.63, 3.8) is 0 Å². The minimum absolute atomic E-state index is 0.330. The molecule has 4 heteroatoms. The van der Waals surface area contributed by atoms with E-state index < -0.39 is 0 Å². The molecule has 0 aliphatic carbocycles. The quantitative estimate of drug-likeness (QED) is 0.575. The Morgan fingerprint density at radius 2 is 2.31 bits per heavy atom. The number of isocyanates is 1. The van der Waals surface area contributed by atoms with Gasteiger partial charge in [-0.05, 0) is 24.6 Å². The smallest absolute Gasteiger partial charge is 0.240 e. The number of halogens is 1. The number of aryl methyl sites for hydroxylation is 1. The monoisotopic (exact) mass is 218 g/mol. The van der Waals surface area contributed by atoms with E-state index in [0.717, 1.165) is 18.5 Å². The molecule has 82 valence electrons. The van der Waals surface area contributed by atoms with Crippen molar-refractivity contribution in [1.29, 1.82) is 0 Å². The molecule has 0 spiro atoms. The van der Waals surface area contributed by atoms with E-state index in [2.05, 4.69) is 11.9 Å². The summed E-state index contributed by atoms with van der Waals surface area (Å²) >= 11 is 0. The first-order valence-electron chi connectivity index (χ1n) is 5.12. The molecular weight excluding hydrogens is 207 g/mol. The number of rotatable bonds is 3. The molecule has 1 aromatic heterocycles. The molecule has 16 heavy (non-hydrogen) atoms. The van der Waals surface area contributed by atoms with Crippen LogP contribution in [0.25, 0.3) is 10.9 Å². The summed E-state index contributed by atoms with van der Waals surface area (Å²) in [6.07, 6.45) is 4.20. The van der Waals surface area contributed by atoms with Crippen LogP contribution < -0.4 is 0 Å². The molecule has 0 saturated carbocycles. The third kappa shape index (κ3) is 1.75. The van der Waals surface area contributed by atoms with E-state index in [1.54, 1.807) is 12.3 Å². The van der Waals surface area contributed by atoms with Gasteiger partial charge in [-0.15, -0.1) is 0 Å². The van der Waals surface area contributed by atoms with Crippen LogP contribution in [0.4, 0.5) is 10.1 Å².